The van der Waals surface area contributed by atoms with Gasteiger partial charge < -0.3 is 25.3 Å². The summed E-state index contributed by atoms with van der Waals surface area (Å²) in [5, 5.41) is 6.56. The first-order chi connectivity index (χ1) is 14.3. The number of morpholine rings is 1. The summed E-state index contributed by atoms with van der Waals surface area (Å²) < 4.78 is 5.42. The lowest BCUT2D eigenvalue weighted by Gasteiger charge is -2.28. The van der Waals surface area contributed by atoms with Gasteiger partial charge in [-0.1, -0.05) is 0 Å². The van der Waals surface area contributed by atoms with Crippen LogP contribution in [0.5, 0.6) is 0 Å². The summed E-state index contributed by atoms with van der Waals surface area (Å²) >= 11 is 0. The van der Waals surface area contributed by atoms with E-state index >= 15 is 0 Å². The number of benzene rings is 1. The maximum atomic E-state index is 5.42. The number of hydrogen-bond acceptors (Lipinski definition) is 8. The first-order valence-corrected chi connectivity index (χ1v) is 9.43. The molecule has 4 aromatic rings. The van der Waals surface area contributed by atoms with E-state index in [0.29, 0.717) is 17.4 Å². The van der Waals surface area contributed by atoms with Gasteiger partial charge in [0.15, 0.2) is 11.5 Å². The zero-order chi connectivity index (χ0) is 19.5. The van der Waals surface area contributed by atoms with E-state index in [4.69, 9.17) is 4.74 Å². The first-order valence-electron chi connectivity index (χ1n) is 9.43. The molecule has 1 aliphatic heterocycles. The highest BCUT2D eigenvalue weighted by Crippen LogP contribution is 2.25. The van der Waals surface area contributed by atoms with Gasteiger partial charge in [-0.25, -0.2) is 9.97 Å². The van der Waals surface area contributed by atoms with E-state index in [1.807, 2.05) is 24.3 Å². The van der Waals surface area contributed by atoms with E-state index in [-0.39, 0.29) is 0 Å². The summed E-state index contributed by atoms with van der Waals surface area (Å²) in [6, 6.07) is 12.0. The average molecular weight is 388 g/mol. The zero-order valence-electron chi connectivity index (χ0n) is 15.7. The fourth-order valence-electron chi connectivity index (χ4n) is 3.27. The number of nitrogens with zero attached hydrogens (tertiary/aromatic N) is 5. The molecule has 0 unspecified atom stereocenters. The molecule has 1 aromatic carbocycles. The number of fused-ring (bicyclic) bond motifs is 1. The third-order valence-electron chi connectivity index (χ3n) is 4.74. The highest BCUT2D eigenvalue weighted by Gasteiger charge is 2.12. The second-order valence-electron chi connectivity index (χ2n) is 6.64. The largest absolute Gasteiger partial charge is 0.378 e. The normalized spacial score (nSPS) is 14.1. The Morgan fingerprint density at radius 3 is 2.45 bits per heavy atom. The lowest BCUT2D eigenvalue weighted by Crippen LogP contribution is -2.36. The first kappa shape index (κ1) is 17.4. The SMILES string of the molecule is c1cc(Nc2nc3ncnc(Nc4ccc(N5CCOCC5)cc4)c3[nH]2)ccn1. The number of rotatable bonds is 5. The van der Waals surface area contributed by atoms with Gasteiger partial charge in [0.25, 0.3) is 0 Å². The van der Waals surface area contributed by atoms with Crippen molar-refractivity contribution < 1.29 is 4.74 Å². The topological polar surface area (TPSA) is 104 Å². The van der Waals surface area contributed by atoms with Gasteiger partial charge in [-0.05, 0) is 36.4 Å². The van der Waals surface area contributed by atoms with Crippen molar-refractivity contribution >= 4 is 40.0 Å². The predicted octanol–water partition coefficient (Wildman–Crippen LogP) is 3.07. The Morgan fingerprint density at radius 1 is 0.897 bits per heavy atom. The van der Waals surface area contributed by atoms with Crippen molar-refractivity contribution in [3.63, 3.8) is 0 Å². The molecule has 0 saturated carbocycles. The number of aromatic nitrogens is 5. The molecule has 3 aromatic heterocycles. The molecule has 29 heavy (non-hydrogen) atoms. The second-order valence-corrected chi connectivity index (χ2v) is 6.64. The number of H-pyrrole nitrogens is 1. The van der Waals surface area contributed by atoms with Crippen molar-refractivity contribution in [3.8, 4) is 0 Å². The lowest BCUT2D eigenvalue weighted by molar-refractivity contribution is 0.122. The number of imidazole rings is 1. The Labute approximate surface area is 167 Å². The maximum absolute atomic E-state index is 5.42. The summed E-state index contributed by atoms with van der Waals surface area (Å²) in [7, 11) is 0. The minimum absolute atomic E-state index is 0.587. The van der Waals surface area contributed by atoms with E-state index in [0.717, 1.165) is 43.2 Å². The van der Waals surface area contributed by atoms with Crippen molar-refractivity contribution in [3.05, 3.63) is 55.1 Å². The Kier molecular flexibility index (Phi) is 4.63. The van der Waals surface area contributed by atoms with Crippen LogP contribution in [0.1, 0.15) is 0 Å². The van der Waals surface area contributed by atoms with E-state index in [1.165, 1.54) is 12.0 Å². The summed E-state index contributed by atoms with van der Waals surface area (Å²) in [4.78, 5) is 22.7. The van der Waals surface area contributed by atoms with Crippen molar-refractivity contribution in [2.45, 2.75) is 0 Å². The number of aromatic amines is 1. The number of nitrogens with one attached hydrogen (secondary N) is 3. The molecule has 0 amide bonds. The molecule has 3 N–H and O–H groups in total. The fraction of sp³-hybridized carbons (Fsp3) is 0.200. The van der Waals surface area contributed by atoms with Crippen LogP contribution in [-0.2, 0) is 4.74 Å². The molecule has 1 fully saturated rings. The van der Waals surface area contributed by atoms with Crippen LogP contribution in [-0.4, -0.2) is 51.2 Å². The Morgan fingerprint density at radius 2 is 1.66 bits per heavy atom. The molecule has 0 atom stereocenters. The molecule has 1 aliphatic rings. The summed E-state index contributed by atoms with van der Waals surface area (Å²) in [5.41, 5.74) is 4.35. The molecule has 1 saturated heterocycles. The van der Waals surface area contributed by atoms with Gasteiger partial charge in [0.1, 0.15) is 11.8 Å². The Balaban J connectivity index is 1.36. The number of anilines is 5. The summed E-state index contributed by atoms with van der Waals surface area (Å²) in [6.45, 7) is 3.38. The molecule has 9 heteroatoms. The number of pyridine rings is 1. The molecule has 4 heterocycles. The minimum Gasteiger partial charge on any atom is -0.378 e. The molecule has 5 rings (SSSR count). The van der Waals surface area contributed by atoms with Gasteiger partial charge >= 0.3 is 0 Å². The van der Waals surface area contributed by atoms with Crippen LogP contribution < -0.4 is 15.5 Å². The third-order valence-corrected chi connectivity index (χ3v) is 4.74. The molecular formula is C20H20N8O. The van der Waals surface area contributed by atoms with Gasteiger partial charge in [-0.3, -0.25) is 4.98 Å². The quantitative estimate of drug-likeness (QED) is 0.479. The predicted molar refractivity (Wildman–Crippen MR) is 112 cm³/mol. The van der Waals surface area contributed by atoms with Crippen LogP contribution >= 0.6 is 0 Å². The van der Waals surface area contributed by atoms with Gasteiger partial charge in [0, 0.05) is 42.5 Å². The van der Waals surface area contributed by atoms with Crippen molar-refractivity contribution in [2.24, 2.45) is 0 Å². The van der Waals surface area contributed by atoms with Crippen molar-refractivity contribution in [1.29, 1.82) is 0 Å². The van der Waals surface area contributed by atoms with E-state index in [2.05, 4.69) is 52.6 Å². The minimum atomic E-state index is 0.587. The second kappa shape index (κ2) is 7.72. The smallest absolute Gasteiger partial charge is 0.207 e. The number of ether oxygens (including phenoxy) is 1. The molecule has 0 bridgehead atoms. The van der Waals surface area contributed by atoms with Crippen LogP contribution in [0.2, 0.25) is 0 Å². The molecule has 0 spiro atoms. The Hall–Kier alpha value is -3.72. The molecule has 0 aliphatic carbocycles. The van der Waals surface area contributed by atoms with Crippen LogP contribution in [0, 0.1) is 0 Å². The van der Waals surface area contributed by atoms with Crippen molar-refractivity contribution in [2.75, 3.05) is 41.8 Å². The number of hydrogen-bond donors (Lipinski definition) is 3. The fourth-order valence-corrected chi connectivity index (χ4v) is 3.27. The molecule has 9 nitrogen and oxygen atoms in total. The van der Waals surface area contributed by atoms with Gasteiger partial charge in [0.2, 0.25) is 5.95 Å². The van der Waals surface area contributed by atoms with Crippen LogP contribution in [0.3, 0.4) is 0 Å². The third kappa shape index (κ3) is 3.81. The zero-order valence-corrected chi connectivity index (χ0v) is 15.7. The van der Waals surface area contributed by atoms with Gasteiger partial charge in [-0.2, -0.15) is 4.98 Å². The highest BCUT2D eigenvalue weighted by atomic mass is 16.5. The average Bonchev–Trinajstić information content (AvgIpc) is 3.19. The van der Waals surface area contributed by atoms with Crippen LogP contribution in [0.4, 0.5) is 28.8 Å². The molecular weight excluding hydrogens is 368 g/mol. The molecule has 0 radical (unpaired) electrons. The Bertz CT molecular complexity index is 1090. The van der Waals surface area contributed by atoms with E-state index < -0.39 is 0 Å². The maximum Gasteiger partial charge on any atom is 0.207 e. The molecule has 146 valence electrons. The monoisotopic (exact) mass is 388 g/mol. The summed E-state index contributed by atoms with van der Waals surface area (Å²) in [6.07, 6.45) is 4.94. The van der Waals surface area contributed by atoms with Gasteiger partial charge in [-0.15, -0.1) is 0 Å². The summed E-state index contributed by atoms with van der Waals surface area (Å²) in [5.74, 6) is 1.27. The van der Waals surface area contributed by atoms with E-state index in [9.17, 15) is 0 Å². The van der Waals surface area contributed by atoms with Crippen LogP contribution in [0.25, 0.3) is 11.2 Å². The van der Waals surface area contributed by atoms with Gasteiger partial charge in [0.05, 0.1) is 13.2 Å². The standard InChI is InChI=1S/C20H20N8O/c1-3-16(28-9-11-29-12-10-28)4-2-14(1)24-18-17-19(23-13-22-18)27-20(26-17)25-15-5-7-21-8-6-15/h1-8,13H,9-12H2,(H3,21,22,23,24,25,26,27). The van der Waals surface area contributed by atoms with E-state index in [1.54, 1.807) is 12.4 Å². The lowest BCUT2D eigenvalue weighted by atomic mass is 10.2. The van der Waals surface area contributed by atoms with Crippen molar-refractivity contribution in [1.82, 2.24) is 24.9 Å². The van der Waals surface area contributed by atoms with Crippen LogP contribution in [0.15, 0.2) is 55.1 Å². The highest BCUT2D eigenvalue weighted by molar-refractivity contribution is 5.87.